The second kappa shape index (κ2) is 5.82. The molecule has 1 aliphatic heterocycles. The maximum absolute atomic E-state index is 4.42. The molecule has 0 aliphatic carbocycles. The number of nitrogens with one attached hydrogen (secondary N) is 3. The van der Waals surface area contributed by atoms with Crippen LogP contribution in [0.4, 0.5) is 11.6 Å². The smallest absolute Gasteiger partial charge is 0.132 e. The molecule has 1 atom stereocenters. The molecule has 1 aromatic heterocycles. The minimum absolute atomic E-state index is 0.479. The number of nitrogens with zero attached hydrogens (tertiary/aromatic N) is 2. The van der Waals surface area contributed by atoms with E-state index in [9.17, 15) is 0 Å². The summed E-state index contributed by atoms with van der Waals surface area (Å²) in [7, 11) is 0. The van der Waals surface area contributed by atoms with E-state index >= 15 is 0 Å². The Morgan fingerprint density at radius 3 is 2.94 bits per heavy atom. The lowest BCUT2D eigenvalue weighted by Crippen LogP contribution is -2.38. The van der Waals surface area contributed by atoms with Gasteiger partial charge >= 0.3 is 0 Å². The molecule has 0 aromatic carbocycles. The molecule has 5 heteroatoms. The van der Waals surface area contributed by atoms with Crippen molar-refractivity contribution in [2.75, 3.05) is 30.3 Å². The SMILES string of the molecule is CCNc1cc(NC2CCCNC2)nc(C)n1. The summed E-state index contributed by atoms with van der Waals surface area (Å²) < 4.78 is 0. The maximum Gasteiger partial charge on any atom is 0.132 e. The van der Waals surface area contributed by atoms with Gasteiger partial charge < -0.3 is 16.0 Å². The van der Waals surface area contributed by atoms with E-state index in [0.29, 0.717) is 6.04 Å². The van der Waals surface area contributed by atoms with Gasteiger partial charge in [0.25, 0.3) is 0 Å². The van der Waals surface area contributed by atoms with Crippen LogP contribution in [0.5, 0.6) is 0 Å². The molecule has 1 fully saturated rings. The highest BCUT2D eigenvalue weighted by molar-refractivity contribution is 5.48. The Morgan fingerprint density at radius 1 is 1.41 bits per heavy atom. The zero-order valence-corrected chi connectivity index (χ0v) is 10.6. The first kappa shape index (κ1) is 12.1. The van der Waals surface area contributed by atoms with Crippen LogP contribution in [0.1, 0.15) is 25.6 Å². The highest BCUT2D eigenvalue weighted by Crippen LogP contribution is 2.14. The molecule has 5 nitrogen and oxygen atoms in total. The van der Waals surface area contributed by atoms with Gasteiger partial charge in [-0.3, -0.25) is 0 Å². The van der Waals surface area contributed by atoms with Gasteiger partial charge in [0.05, 0.1) is 0 Å². The summed E-state index contributed by atoms with van der Waals surface area (Å²) in [6, 6.07) is 2.46. The minimum atomic E-state index is 0.479. The van der Waals surface area contributed by atoms with Crippen LogP contribution in [0.25, 0.3) is 0 Å². The lowest BCUT2D eigenvalue weighted by Gasteiger charge is -2.24. The molecule has 1 unspecified atom stereocenters. The highest BCUT2D eigenvalue weighted by atomic mass is 15.1. The van der Waals surface area contributed by atoms with Gasteiger partial charge in [-0.15, -0.1) is 0 Å². The Balaban J connectivity index is 2.03. The van der Waals surface area contributed by atoms with E-state index in [1.165, 1.54) is 12.8 Å². The predicted molar refractivity (Wildman–Crippen MR) is 70.4 cm³/mol. The first-order chi connectivity index (χ1) is 8.28. The Kier molecular flexibility index (Phi) is 4.14. The number of hydrogen-bond donors (Lipinski definition) is 3. The van der Waals surface area contributed by atoms with E-state index in [2.05, 4.69) is 32.8 Å². The molecule has 0 amide bonds. The van der Waals surface area contributed by atoms with Gasteiger partial charge in [0.1, 0.15) is 17.5 Å². The average molecular weight is 235 g/mol. The molecule has 3 N–H and O–H groups in total. The third-order valence-corrected chi connectivity index (χ3v) is 2.84. The highest BCUT2D eigenvalue weighted by Gasteiger charge is 2.13. The summed E-state index contributed by atoms with van der Waals surface area (Å²) in [5, 5.41) is 10.1. The van der Waals surface area contributed by atoms with Gasteiger partial charge in [-0.25, -0.2) is 9.97 Å². The van der Waals surface area contributed by atoms with E-state index < -0.39 is 0 Å². The van der Waals surface area contributed by atoms with Crippen LogP contribution in [0.3, 0.4) is 0 Å². The number of piperidine rings is 1. The van der Waals surface area contributed by atoms with Crippen molar-refractivity contribution in [1.82, 2.24) is 15.3 Å². The standard InChI is InChI=1S/C12H21N5/c1-3-14-11-7-12(16-9(2)15-11)17-10-5-4-6-13-8-10/h7,10,13H,3-6,8H2,1-2H3,(H2,14,15,16,17). The molecule has 0 spiro atoms. The first-order valence-electron chi connectivity index (χ1n) is 6.34. The molecule has 1 aromatic rings. The first-order valence-corrected chi connectivity index (χ1v) is 6.34. The second-order valence-corrected chi connectivity index (χ2v) is 4.40. The lowest BCUT2D eigenvalue weighted by molar-refractivity contribution is 0.479. The monoisotopic (exact) mass is 235 g/mol. The summed E-state index contributed by atoms with van der Waals surface area (Å²) in [4.78, 5) is 8.76. The Hall–Kier alpha value is -1.36. The molecule has 94 valence electrons. The van der Waals surface area contributed by atoms with Crippen molar-refractivity contribution >= 4 is 11.6 Å². The van der Waals surface area contributed by atoms with Crippen molar-refractivity contribution in [3.8, 4) is 0 Å². The number of aromatic nitrogens is 2. The number of hydrogen-bond acceptors (Lipinski definition) is 5. The molecule has 0 bridgehead atoms. The molecule has 1 saturated heterocycles. The van der Waals surface area contributed by atoms with Gasteiger partial charge in [-0.05, 0) is 33.2 Å². The molecule has 2 rings (SSSR count). The number of aryl methyl sites for hydroxylation is 1. The number of rotatable bonds is 4. The van der Waals surface area contributed by atoms with Crippen LogP contribution < -0.4 is 16.0 Å². The summed E-state index contributed by atoms with van der Waals surface area (Å²) in [5.74, 6) is 2.61. The third kappa shape index (κ3) is 3.56. The molecule has 17 heavy (non-hydrogen) atoms. The van der Waals surface area contributed by atoms with Gasteiger partial charge in [-0.2, -0.15) is 0 Å². The fourth-order valence-electron chi connectivity index (χ4n) is 2.10. The van der Waals surface area contributed by atoms with E-state index in [4.69, 9.17) is 0 Å². The van der Waals surface area contributed by atoms with Crippen LogP contribution in [0.2, 0.25) is 0 Å². The van der Waals surface area contributed by atoms with Crippen molar-refractivity contribution < 1.29 is 0 Å². The molecule has 1 aliphatic rings. The van der Waals surface area contributed by atoms with Crippen molar-refractivity contribution in [3.05, 3.63) is 11.9 Å². The minimum Gasteiger partial charge on any atom is -0.370 e. The maximum atomic E-state index is 4.42. The Labute approximate surface area is 102 Å². The summed E-state index contributed by atoms with van der Waals surface area (Å²) in [5.41, 5.74) is 0. The third-order valence-electron chi connectivity index (χ3n) is 2.84. The average Bonchev–Trinajstić information content (AvgIpc) is 2.30. The predicted octanol–water partition coefficient (Wildman–Crippen LogP) is 1.38. The van der Waals surface area contributed by atoms with Crippen LogP contribution in [-0.4, -0.2) is 35.6 Å². The Bertz CT molecular complexity index is 360. The summed E-state index contributed by atoms with van der Waals surface area (Å²) in [6.45, 7) is 7.00. The fraction of sp³-hybridized carbons (Fsp3) is 0.667. The lowest BCUT2D eigenvalue weighted by atomic mass is 10.1. The van der Waals surface area contributed by atoms with Crippen LogP contribution >= 0.6 is 0 Å². The van der Waals surface area contributed by atoms with E-state index in [1.54, 1.807) is 0 Å². The summed E-state index contributed by atoms with van der Waals surface area (Å²) in [6.07, 6.45) is 2.42. The van der Waals surface area contributed by atoms with E-state index in [1.807, 2.05) is 13.0 Å². The zero-order chi connectivity index (χ0) is 12.1. The topological polar surface area (TPSA) is 61.9 Å². The molecular weight excluding hydrogens is 214 g/mol. The molecule has 0 radical (unpaired) electrons. The van der Waals surface area contributed by atoms with E-state index in [0.717, 1.165) is 37.1 Å². The van der Waals surface area contributed by atoms with Gasteiger partial charge in [0, 0.05) is 25.2 Å². The number of anilines is 2. The van der Waals surface area contributed by atoms with Crippen LogP contribution in [-0.2, 0) is 0 Å². The quantitative estimate of drug-likeness (QED) is 0.736. The van der Waals surface area contributed by atoms with Crippen LogP contribution in [0.15, 0.2) is 6.07 Å². The Morgan fingerprint density at radius 2 is 2.24 bits per heavy atom. The largest absolute Gasteiger partial charge is 0.370 e. The van der Waals surface area contributed by atoms with Crippen LogP contribution in [0, 0.1) is 6.92 Å². The van der Waals surface area contributed by atoms with E-state index in [-0.39, 0.29) is 0 Å². The molecular formula is C12H21N5. The molecule has 0 saturated carbocycles. The van der Waals surface area contributed by atoms with Crippen molar-refractivity contribution in [3.63, 3.8) is 0 Å². The zero-order valence-electron chi connectivity index (χ0n) is 10.6. The van der Waals surface area contributed by atoms with Crippen molar-refractivity contribution in [2.24, 2.45) is 0 Å². The fourth-order valence-corrected chi connectivity index (χ4v) is 2.10. The summed E-state index contributed by atoms with van der Waals surface area (Å²) >= 11 is 0. The van der Waals surface area contributed by atoms with Gasteiger partial charge in [0.15, 0.2) is 0 Å². The van der Waals surface area contributed by atoms with Crippen molar-refractivity contribution in [2.45, 2.75) is 32.7 Å². The van der Waals surface area contributed by atoms with Gasteiger partial charge in [0.2, 0.25) is 0 Å². The van der Waals surface area contributed by atoms with Crippen molar-refractivity contribution in [1.29, 1.82) is 0 Å². The molecule has 2 heterocycles. The normalized spacial score (nSPS) is 20.0. The second-order valence-electron chi connectivity index (χ2n) is 4.40. The van der Waals surface area contributed by atoms with Gasteiger partial charge in [-0.1, -0.05) is 0 Å².